The highest BCUT2D eigenvalue weighted by Gasteiger charge is 2.27. The molecule has 0 N–H and O–H groups in total. The number of hydrogen-bond donors (Lipinski definition) is 0. The first-order valence-electron chi connectivity index (χ1n) is 33.3. The Hall–Kier alpha value is -9.49. The average Bonchev–Trinajstić information content (AvgIpc) is 1.74. The summed E-state index contributed by atoms with van der Waals surface area (Å²) in [7, 11) is 0. The van der Waals surface area contributed by atoms with Gasteiger partial charge < -0.3 is 28.4 Å². The molecule has 3 saturated heterocycles. The van der Waals surface area contributed by atoms with Crippen LogP contribution in [0.5, 0.6) is 0 Å². The minimum atomic E-state index is 0.248. The summed E-state index contributed by atoms with van der Waals surface area (Å²) in [6.07, 6.45) is 20.7. The van der Waals surface area contributed by atoms with Crippen molar-refractivity contribution >= 4 is 85.1 Å². The molecule has 468 valence electrons. The van der Waals surface area contributed by atoms with E-state index in [-0.39, 0.29) is 17.7 Å². The summed E-state index contributed by atoms with van der Waals surface area (Å²) in [6, 6.07) is 56.9. The summed E-state index contributed by atoms with van der Waals surface area (Å²) in [5.74, 6) is 3.45. The number of piperidine rings is 3. The van der Waals surface area contributed by atoms with Crippen LogP contribution in [0, 0.1) is 17.8 Å². The molecule has 6 aliphatic rings. The van der Waals surface area contributed by atoms with Crippen molar-refractivity contribution in [3.63, 3.8) is 0 Å². The third-order valence-corrected chi connectivity index (χ3v) is 19.5. The summed E-state index contributed by atoms with van der Waals surface area (Å²) < 4.78 is 7.13. The zero-order chi connectivity index (χ0) is 62.8. The number of likely N-dealkylation sites (tertiary alicyclic amines) is 3. The Kier molecular flexibility index (Phi) is 19.2. The van der Waals surface area contributed by atoms with Gasteiger partial charge in [-0.15, -0.1) is 0 Å². The monoisotopic (exact) mass is 1220 g/mol. The SMILES string of the molecule is CC1=NCC(c2ccc3c(ccn3CC3CCN(C(=O)Cc4ccccc4)CC3)c2)=C1.CC1=NCC(c2ccc3c(ccn3CC3CCN(C(=O)Cc4ccccc4)CC3)c2)=N1.O=C(Cc1ccccc1)N1CCC(Cn2ccc3cc(C4=CC=NC4)ccc32)CC1. The highest BCUT2D eigenvalue weighted by atomic mass is 16.2. The van der Waals surface area contributed by atoms with Crippen LogP contribution in [-0.2, 0) is 53.3 Å². The van der Waals surface area contributed by atoms with Gasteiger partial charge in [-0.2, -0.15) is 0 Å². The van der Waals surface area contributed by atoms with E-state index in [1.54, 1.807) is 0 Å². The van der Waals surface area contributed by atoms with Crippen LogP contribution in [-0.4, -0.2) is 128 Å². The molecule has 0 spiro atoms. The van der Waals surface area contributed by atoms with Crippen molar-refractivity contribution in [1.82, 2.24) is 28.4 Å². The van der Waals surface area contributed by atoms with Gasteiger partial charge in [0.05, 0.1) is 44.6 Å². The maximum atomic E-state index is 12.6. The van der Waals surface area contributed by atoms with Crippen molar-refractivity contribution in [3.05, 3.63) is 228 Å². The van der Waals surface area contributed by atoms with Crippen molar-refractivity contribution in [1.29, 1.82) is 0 Å². The third-order valence-electron chi connectivity index (χ3n) is 19.5. The zero-order valence-corrected chi connectivity index (χ0v) is 53.3. The van der Waals surface area contributed by atoms with E-state index in [0.717, 1.165) is 150 Å². The van der Waals surface area contributed by atoms with Crippen LogP contribution in [0.3, 0.4) is 0 Å². The fourth-order valence-corrected chi connectivity index (χ4v) is 14.1. The van der Waals surface area contributed by atoms with E-state index in [0.29, 0.717) is 43.6 Å². The first kappa shape index (κ1) is 61.4. The lowest BCUT2D eigenvalue weighted by Crippen LogP contribution is -2.40. The number of fused-ring (bicyclic) bond motifs is 3. The van der Waals surface area contributed by atoms with Gasteiger partial charge in [0.1, 0.15) is 5.84 Å². The van der Waals surface area contributed by atoms with Crippen molar-refractivity contribution in [2.75, 3.05) is 58.9 Å². The van der Waals surface area contributed by atoms with Gasteiger partial charge >= 0.3 is 0 Å². The molecule has 13 heteroatoms. The Morgan fingerprint density at radius 2 is 0.815 bits per heavy atom. The highest BCUT2D eigenvalue weighted by molar-refractivity contribution is 6.13. The minimum Gasteiger partial charge on any atom is -0.347 e. The van der Waals surface area contributed by atoms with Gasteiger partial charge in [0.2, 0.25) is 17.7 Å². The molecule has 3 amide bonds. The fraction of sp³-hybridized carbons (Fsp3) is 0.329. The van der Waals surface area contributed by atoms with E-state index in [4.69, 9.17) is 0 Å². The van der Waals surface area contributed by atoms with Crippen LogP contribution in [0.25, 0.3) is 43.9 Å². The van der Waals surface area contributed by atoms with Gasteiger partial charge in [-0.05, 0) is 181 Å². The quantitative estimate of drug-likeness (QED) is 0.101. The number of aromatic nitrogens is 3. The summed E-state index contributed by atoms with van der Waals surface area (Å²) >= 11 is 0. The van der Waals surface area contributed by atoms with Gasteiger partial charge in [0.25, 0.3) is 0 Å². The second-order valence-corrected chi connectivity index (χ2v) is 25.9. The van der Waals surface area contributed by atoms with Gasteiger partial charge in [-0.3, -0.25) is 29.4 Å². The summed E-state index contributed by atoms with van der Waals surface area (Å²) in [4.78, 5) is 61.7. The molecule has 9 heterocycles. The highest BCUT2D eigenvalue weighted by Crippen LogP contribution is 2.31. The van der Waals surface area contributed by atoms with E-state index < -0.39 is 0 Å². The molecule has 3 fully saturated rings. The lowest BCUT2D eigenvalue weighted by atomic mass is 9.96. The summed E-state index contributed by atoms with van der Waals surface area (Å²) in [5, 5.41) is 3.83. The van der Waals surface area contributed by atoms with Gasteiger partial charge in [-0.1, -0.05) is 109 Å². The Bertz CT molecular complexity index is 4090. The van der Waals surface area contributed by atoms with E-state index in [2.05, 4.69) is 144 Å². The largest absolute Gasteiger partial charge is 0.347 e. The smallest absolute Gasteiger partial charge is 0.226 e. The molecule has 0 bridgehead atoms. The van der Waals surface area contributed by atoms with E-state index >= 15 is 0 Å². The standard InChI is InChI=1S/C27H29N3O.C26H28N4O.C26H27N3O/c1-20-15-25(18-28-20)23-7-8-26-24(17-23)11-14-30(26)19-22-9-12-29(13-10-22)27(31)16-21-5-3-2-4-6-21;1-19-27-17-24(28-19)22-7-8-25-23(16-22)11-14-30(25)18-21-9-12-29(13-10-21)26(31)15-20-5-3-2-4-6-20;30-26(16-20-4-2-1-3-5-20)28-13-9-21(10-14-28)19-29-15-11-23-17-22(6-7-25(23)29)24-8-12-27-18-24/h2-8,11,14-15,17,22H,9-10,12-13,16,18-19H2,1H3;2-8,11,14,16,21H,9-10,12-13,15,17-18H2,1H3;1-8,11-12,15,17,21H,9-10,13-14,16,18-19H2. The number of aliphatic imine (C=N–C) groups is 4. The molecule has 6 aromatic carbocycles. The molecule has 13 nitrogen and oxygen atoms in total. The lowest BCUT2D eigenvalue weighted by molar-refractivity contribution is -0.132. The molecule has 0 saturated carbocycles. The van der Waals surface area contributed by atoms with Crippen molar-refractivity contribution in [2.24, 2.45) is 37.7 Å². The number of carbonyl (C=O) groups is 3. The average molecular weight is 1220 g/mol. The number of amides is 3. The van der Waals surface area contributed by atoms with Crippen LogP contribution in [0.15, 0.2) is 215 Å². The third kappa shape index (κ3) is 15.1. The predicted molar refractivity (Wildman–Crippen MR) is 376 cm³/mol. The molecule has 92 heavy (non-hydrogen) atoms. The molecule has 9 aromatic rings. The Morgan fingerprint density at radius 1 is 0.424 bits per heavy atom. The molecule has 15 rings (SSSR count). The van der Waals surface area contributed by atoms with Crippen LogP contribution < -0.4 is 0 Å². The topological polar surface area (TPSA) is 125 Å². The van der Waals surface area contributed by atoms with E-state index in [1.165, 1.54) is 55.0 Å². The van der Waals surface area contributed by atoms with Crippen molar-refractivity contribution in [2.45, 2.75) is 91.3 Å². The summed E-state index contributed by atoms with van der Waals surface area (Å²) in [6.45, 7) is 14.5. The number of carbonyl (C=O) groups excluding carboxylic acids is 3. The van der Waals surface area contributed by atoms with E-state index in [9.17, 15) is 14.4 Å². The van der Waals surface area contributed by atoms with Gasteiger partial charge in [0, 0.05) is 122 Å². The number of amidine groups is 1. The number of hydrogen-bond acceptors (Lipinski definition) is 7. The first-order chi connectivity index (χ1) is 45.1. The second-order valence-electron chi connectivity index (χ2n) is 25.9. The minimum absolute atomic E-state index is 0.248. The maximum Gasteiger partial charge on any atom is 0.226 e. The molecule has 3 aromatic heterocycles. The molecule has 0 atom stereocenters. The fourth-order valence-electron chi connectivity index (χ4n) is 14.1. The predicted octanol–water partition coefficient (Wildman–Crippen LogP) is 13.9. The normalized spacial score (nSPS) is 17.1. The number of nitrogens with zero attached hydrogens (tertiary/aromatic N) is 10. The van der Waals surface area contributed by atoms with Gasteiger partial charge in [0.15, 0.2) is 0 Å². The zero-order valence-electron chi connectivity index (χ0n) is 53.3. The Labute approximate surface area is 540 Å². The van der Waals surface area contributed by atoms with Crippen LogP contribution in [0.1, 0.15) is 85.8 Å². The molecular formula is C79H84N10O3. The molecule has 0 unspecified atom stereocenters. The molecule has 6 aliphatic heterocycles. The molecule has 0 radical (unpaired) electrons. The van der Waals surface area contributed by atoms with Crippen LogP contribution in [0.2, 0.25) is 0 Å². The Morgan fingerprint density at radius 3 is 1.17 bits per heavy atom. The van der Waals surface area contributed by atoms with Gasteiger partial charge in [-0.25, -0.2) is 4.99 Å². The number of rotatable bonds is 15. The molecule has 0 aliphatic carbocycles. The summed E-state index contributed by atoms with van der Waals surface area (Å²) in [5.41, 5.74) is 15.6. The maximum absolute atomic E-state index is 12.6. The lowest BCUT2D eigenvalue weighted by Gasteiger charge is -2.32. The first-order valence-corrected chi connectivity index (χ1v) is 33.3. The van der Waals surface area contributed by atoms with Crippen molar-refractivity contribution < 1.29 is 14.4 Å². The van der Waals surface area contributed by atoms with Crippen LogP contribution >= 0.6 is 0 Å². The number of benzene rings is 6. The molecular weight excluding hydrogens is 1140 g/mol. The van der Waals surface area contributed by atoms with Crippen molar-refractivity contribution in [3.8, 4) is 0 Å². The second kappa shape index (κ2) is 28.8. The van der Waals surface area contributed by atoms with Crippen LogP contribution in [0.4, 0.5) is 0 Å². The van der Waals surface area contributed by atoms with E-state index in [1.807, 2.05) is 119 Å². The number of allylic oxidation sites excluding steroid dienone is 2. The Balaban J connectivity index is 0.000000126.